The van der Waals surface area contributed by atoms with E-state index in [9.17, 15) is 13.2 Å². The Morgan fingerprint density at radius 1 is 1.37 bits per heavy atom. The van der Waals surface area contributed by atoms with Gasteiger partial charge in [-0.3, -0.25) is 4.79 Å². The second kappa shape index (κ2) is 6.34. The Morgan fingerprint density at radius 2 is 1.95 bits per heavy atom. The van der Waals surface area contributed by atoms with Crippen LogP contribution >= 0.6 is 0 Å². The van der Waals surface area contributed by atoms with Gasteiger partial charge in [-0.05, 0) is 24.6 Å². The number of hydrogen-bond donors (Lipinski definition) is 1. The Kier molecular flexibility index (Phi) is 5.07. The van der Waals surface area contributed by atoms with Crippen molar-refractivity contribution in [2.75, 3.05) is 11.5 Å². The smallest absolute Gasteiger partial charge is 0.235 e. The third kappa shape index (κ3) is 4.72. The monoisotopic (exact) mass is 280 g/mol. The van der Waals surface area contributed by atoms with Gasteiger partial charge < -0.3 is 5.32 Å². The van der Waals surface area contributed by atoms with Crippen molar-refractivity contribution in [2.24, 2.45) is 0 Å². The summed E-state index contributed by atoms with van der Waals surface area (Å²) in [6, 6.07) is 8.48. The molecule has 1 atom stereocenters. The van der Waals surface area contributed by atoms with Crippen LogP contribution in [0, 0.1) is 11.3 Å². The second-order valence-electron chi connectivity index (χ2n) is 4.20. The molecule has 102 valence electrons. The number of sulfone groups is 1. The Labute approximate surface area is 113 Å². The van der Waals surface area contributed by atoms with E-state index in [1.165, 1.54) is 6.92 Å². The third-order valence-electron chi connectivity index (χ3n) is 2.71. The molecule has 1 aromatic rings. The van der Waals surface area contributed by atoms with Gasteiger partial charge >= 0.3 is 0 Å². The summed E-state index contributed by atoms with van der Waals surface area (Å²) < 4.78 is 22.6. The van der Waals surface area contributed by atoms with Gasteiger partial charge in [0, 0.05) is 5.75 Å². The number of carbonyl (C=O) groups excluding carboxylic acids is 1. The van der Waals surface area contributed by atoms with Gasteiger partial charge in [0.2, 0.25) is 5.91 Å². The zero-order chi connectivity index (χ0) is 14.5. The normalized spacial score (nSPS) is 12.5. The number of nitrogens with one attached hydrogen (secondary N) is 1. The van der Waals surface area contributed by atoms with Gasteiger partial charge in [-0.15, -0.1) is 0 Å². The predicted octanol–water partition coefficient (Wildman–Crippen LogP) is 1.17. The molecule has 0 aliphatic heterocycles. The minimum absolute atomic E-state index is 0.0499. The van der Waals surface area contributed by atoms with Crippen LogP contribution in [0.4, 0.5) is 0 Å². The molecule has 0 spiro atoms. The molecule has 0 fully saturated rings. The maximum atomic E-state index is 11.6. The SMILES string of the molecule is CCS(=O)(=O)CC(=O)NC(C)c1ccc(C#N)cc1. The molecule has 6 heteroatoms. The van der Waals surface area contributed by atoms with Crippen LogP contribution in [0.15, 0.2) is 24.3 Å². The molecule has 0 aliphatic rings. The molecule has 1 unspecified atom stereocenters. The van der Waals surface area contributed by atoms with Crippen LogP contribution in [-0.2, 0) is 14.6 Å². The highest BCUT2D eigenvalue weighted by molar-refractivity contribution is 7.92. The zero-order valence-corrected chi connectivity index (χ0v) is 11.7. The van der Waals surface area contributed by atoms with E-state index in [1.54, 1.807) is 31.2 Å². The van der Waals surface area contributed by atoms with Crippen molar-refractivity contribution in [3.63, 3.8) is 0 Å². The summed E-state index contributed by atoms with van der Waals surface area (Å²) in [7, 11) is -3.31. The number of benzene rings is 1. The molecule has 0 saturated heterocycles. The summed E-state index contributed by atoms with van der Waals surface area (Å²) in [5.41, 5.74) is 1.36. The van der Waals surface area contributed by atoms with E-state index >= 15 is 0 Å². The topological polar surface area (TPSA) is 87.0 Å². The zero-order valence-electron chi connectivity index (χ0n) is 10.9. The molecular formula is C13H16N2O3S. The molecule has 1 aromatic carbocycles. The molecule has 0 bridgehead atoms. The summed E-state index contributed by atoms with van der Waals surface area (Å²) >= 11 is 0. The van der Waals surface area contributed by atoms with Crippen LogP contribution in [0.5, 0.6) is 0 Å². The number of rotatable bonds is 5. The summed E-state index contributed by atoms with van der Waals surface area (Å²) in [5.74, 6) is -1.06. The molecule has 1 amide bonds. The Bertz CT molecular complexity index is 585. The van der Waals surface area contributed by atoms with E-state index in [-0.39, 0.29) is 11.8 Å². The third-order valence-corrected chi connectivity index (χ3v) is 4.29. The molecule has 5 nitrogen and oxygen atoms in total. The Hall–Kier alpha value is -1.87. The van der Waals surface area contributed by atoms with E-state index in [2.05, 4.69) is 5.32 Å². The average molecular weight is 280 g/mol. The summed E-state index contributed by atoms with van der Waals surface area (Å²) in [6.07, 6.45) is 0. The Balaban J connectivity index is 2.66. The van der Waals surface area contributed by atoms with Gasteiger partial charge in [0.1, 0.15) is 5.75 Å². The van der Waals surface area contributed by atoms with Crippen molar-refractivity contribution in [3.05, 3.63) is 35.4 Å². The molecule has 1 rings (SSSR count). The van der Waals surface area contributed by atoms with E-state index < -0.39 is 21.5 Å². The fourth-order valence-corrected chi connectivity index (χ4v) is 2.20. The highest BCUT2D eigenvalue weighted by Crippen LogP contribution is 2.13. The van der Waals surface area contributed by atoms with Crippen molar-refractivity contribution >= 4 is 15.7 Å². The lowest BCUT2D eigenvalue weighted by Gasteiger charge is -2.14. The van der Waals surface area contributed by atoms with E-state index in [4.69, 9.17) is 5.26 Å². The van der Waals surface area contributed by atoms with Gasteiger partial charge in [0.05, 0.1) is 17.7 Å². The van der Waals surface area contributed by atoms with Gasteiger partial charge in [-0.1, -0.05) is 19.1 Å². The number of carbonyl (C=O) groups is 1. The summed E-state index contributed by atoms with van der Waals surface area (Å²) in [4.78, 5) is 11.6. The maximum Gasteiger partial charge on any atom is 0.235 e. The molecule has 0 heterocycles. The van der Waals surface area contributed by atoms with Gasteiger partial charge in [-0.25, -0.2) is 8.42 Å². The molecule has 1 N–H and O–H groups in total. The first-order chi connectivity index (χ1) is 8.88. The molecule has 0 saturated carbocycles. The summed E-state index contributed by atoms with van der Waals surface area (Å²) in [5, 5.41) is 11.3. The van der Waals surface area contributed by atoms with Crippen LogP contribution < -0.4 is 5.32 Å². The standard InChI is InChI=1S/C13H16N2O3S/c1-3-19(17,18)9-13(16)15-10(2)12-6-4-11(8-14)5-7-12/h4-7,10H,3,9H2,1-2H3,(H,15,16). The quantitative estimate of drug-likeness (QED) is 0.877. The van der Waals surface area contributed by atoms with Gasteiger partial charge in [0.25, 0.3) is 0 Å². The maximum absolute atomic E-state index is 11.6. The summed E-state index contributed by atoms with van der Waals surface area (Å²) in [6.45, 7) is 3.27. The van der Waals surface area contributed by atoms with Crippen molar-refractivity contribution < 1.29 is 13.2 Å². The first-order valence-corrected chi connectivity index (χ1v) is 7.70. The minimum atomic E-state index is -3.31. The lowest BCUT2D eigenvalue weighted by Crippen LogP contribution is -2.32. The number of nitrogens with zero attached hydrogens (tertiary/aromatic N) is 1. The van der Waals surface area contributed by atoms with Crippen molar-refractivity contribution in [2.45, 2.75) is 19.9 Å². The van der Waals surface area contributed by atoms with Crippen LogP contribution in [0.3, 0.4) is 0 Å². The fraction of sp³-hybridized carbons (Fsp3) is 0.385. The van der Waals surface area contributed by atoms with Gasteiger partial charge in [0.15, 0.2) is 9.84 Å². The van der Waals surface area contributed by atoms with Crippen LogP contribution in [0.2, 0.25) is 0 Å². The van der Waals surface area contributed by atoms with Crippen molar-refractivity contribution in [1.29, 1.82) is 5.26 Å². The molecule has 19 heavy (non-hydrogen) atoms. The highest BCUT2D eigenvalue weighted by Gasteiger charge is 2.16. The highest BCUT2D eigenvalue weighted by atomic mass is 32.2. The number of amides is 1. The van der Waals surface area contributed by atoms with E-state index in [0.29, 0.717) is 5.56 Å². The van der Waals surface area contributed by atoms with E-state index in [1.807, 2.05) is 6.07 Å². The minimum Gasteiger partial charge on any atom is -0.349 e. The van der Waals surface area contributed by atoms with E-state index in [0.717, 1.165) is 5.56 Å². The fourth-order valence-electron chi connectivity index (χ4n) is 1.51. The number of hydrogen-bond acceptors (Lipinski definition) is 4. The van der Waals surface area contributed by atoms with Crippen LogP contribution in [0.25, 0.3) is 0 Å². The van der Waals surface area contributed by atoms with Crippen LogP contribution in [-0.4, -0.2) is 25.8 Å². The lowest BCUT2D eigenvalue weighted by atomic mass is 10.1. The number of nitriles is 1. The Morgan fingerprint density at radius 3 is 2.42 bits per heavy atom. The average Bonchev–Trinajstić information content (AvgIpc) is 2.38. The lowest BCUT2D eigenvalue weighted by molar-refractivity contribution is -0.119. The second-order valence-corrected chi connectivity index (χ2v) is 6.55. The first-order valence-electron chi connectivity index (χ1n) is 5.88. The van der Waals surface area contributed by atoms with Gasteiger partial charge in [-0.2, -0.15) is 5.26 Å². The molecule has 0 aliphatic carbocycles. The molecule has 0 radical (unpaired) electrons. The largest absolute Gasteiger partial charge is 0.349 e. The molecule has 0 aromatic heterocycles. The van der Waals surface area contributed by atoms with Crippen molar-refractivity contribution in [1.82, 2.24) is 5.32 Å². The first kappa shape index (κ1) is 15.2. The van der Waals surface area contributed by atoms with Crippen LogP contribution in [0.1, 0.15) is 31.0 Å². The molecular weight excluding hydrogens is 264 g/mol. The predicted molar refractivity (Wildman–Crippen MR) is 72.0 cm³/mol. The van der Waals surface area contributed by atoms with Crippen molar-refractivity contribution in [3.8, 4) is 6.07 Å².